The molecule has 0 amide bonds. The number of hydrogen-bond donors (Lipinski definition) is 2. The predicted molar refractivity (Wildman–Crippen MR) is 78.7 cm³/mol. The third-order valence-corrected chi connectivity index (χ3v) is 4.98. The van der Waals surface area contributed by atoms with Crippen molar-refractivity contribution >= 4 is 26.5 Å². The van der Waals surface area contributed by atoms with Crippen LogP contribution in [0.1, 0.15) is 5.56 Å². The molecule has 2 rings (SSSR count). The quantitative estimate of drug-likeness (QED) is 0.842. The zero-order valence-corrected chi connectivity index (χ0v) is 12.5. The smallest absolute Gasteiger partial charge is 0.249 e. The molecule has 1 heterocycles. The number of primary sulfonamides is 1. The standard InChI is InChI=1S/C12H15N3O3S2/c1-18-10-4-2-9(3-5-10)6-7-14-12-15-8-11(19-12)20(13,16)17/h2-5,8H,6-7H2,1H3,(H,14,15)(H2,13,16,17). The summed E-state index contributed by atoms with van der Waals surface area (Å²) in [6, 6.07) is 7.77. The van der Waals surface area contributed by atoms with E-state index in [-0.39, 0.29) is 4.21 Å². The van der Waals surface area contributed by atoms with Gasteiger partial charge in [-0.25, -0.2) is 18.5 Å². The Morgan fingerprint density at radius 2 is 2.05 bits per heavy atom. The molecule has 0 saturated heterocycles. The van der Waals surface area contributed by atoms with Crippen LogP contribution in [0.5, 0.6) is 5.75 Å². The number of sulfonamides is 1. The van der Waals surface area contributed by atoms with E-state index in [2.05, 4.69) is 10.3 Å². The van der Waals surface area contributed by atoms with Crippen LogP contribution in [-0.2, 0) is 16.4 Å². The van der Waals surface area contributed by atoms with E-state index in [0.29, 0.717) is 11.7 Å². The van der Waals surface area contributed by atoms with Gasteiger partial charge in [0.1, 0.15) is 5.75 Å². The number of methoxy groups -OCH3 is 1. The van der Waals surface area contributed by atoms with E-state index >= 15 is 0 Å². The first kappa shape index (κ1) is 14.8. The summed E-state index contributed by atoms with van der Waals surface area (Å²) in [7, 11) is -2.04. The van der Waals surface area contributed by atoms with Gasteiger partial charge in [-0.1, -0.05) is 23.5 Å². The average Bonchev–Trinajstić information content (AvgIpc) is 2.88. The lowest BCUT2D eigenvalue weighted by molar-refractivity contribution is 0.414. The van der Waals surface area contributed by atoms with Gasteiger partial charge in [0.05, 0.1) is 13.3 Å². The second-order valence-electron chi connectivity index (χ2n) is 4.05. The summed E-state index contributed by atoms with van der Waals surface area (Å²) >= 11 is 1.03. The molecule has 20 heavy (non-hydrogen) atoms. The van der Waals surface area contributed by atoms with Crippen molar-refractivity contribution < 1.29 is 13.2 Å². The van der Waals surface area contributed by atoms with Gasteiger partial charge >= 0.3 is 0 Å². The van der Waals surface area contributed by atoms with Gasteiger partial charge in [0.25, 0.3) is 0 Å². The third-order valence-electron chi connectivity index (χ3n) is 2.61. The number of hydrogen-bond acceptors (Lipinski definition) is 6. The lowest BCUT2D eigenvalue weighted by Crippen LogP contribution is -2.09. The van der Waals surface area contributed by atoms with Gasteiger partial charge in [0.2, 0.25) is 10.0 Å². The normalized spacial score (nSPS) is 11.3. The van der Waals surface area contributed by atoms with Crippen molar-refractivity contribution in [1.82, 2.24) is 4.98 Å². The number of nitrogens with zero attached hydrogens (tertiary/aromatic N) is 1. The number of ether oxygens (including phenoxy) is 1. The van der Waals surface area contributed by atoms with E-state index in [4.69, 9.17) is 9.88 Å². The van der Waals surface area contributed by atoms with E-state index in [1.807, 2.05) is 24.3 Å². The molecule has 0 aliphatic carbocycles. The Morgan fingerprint density at radius 1 is 1.35 bits per heavy atom. The molecular formula is C12H15N3O3S2. The summed E-state index contributed by atoms with van der Waals surface area (Å²) < 4.78 is 27.4. The Kier molecular flexibility index (Phi) is 4.58. The van der Waals surface area contributed by atoms with Gasteiger partial charge in [-0.2, -0.15) is 0 Å². The van der Waals surface area contributed by atoms with Gasteiger partial charge in [0.15, 0.2) is 9.34 Å². The second kappa shape index (κ2) is 6.21. The first-order valence-electron chi connectivity index (χ1n) is 5.84. The van der Waals surface area contributed by atoms with Gasteiger partial charge < -0.3 is 10.1 Å². The molecule has 2 aromatic rings. The summed E-state index contributed by atoms with van der Waals surface area (Å²) in [5.41, 5.74) is 1.15. The van der Waals surface area contributed by atoms with E-state index in [9.17, 15) is 8.42 Å². The van der Waals surface area contributed by atoms with Crippen LogP contribution in [0.15, 0.2) is 34.7 Å². The van der Waals surface area contributed by atoms with Crippen molar-refractivity contribution in [1.29, 1.82) is 0 Å². The highest BCUT2D eigenvalue weighted by atomic mass is 32.2. The zero-order valence-electron chi connectivity index (χ0n) is 10.9. The van der Waals surface area contributed by atoms with E-state index in [0.717, 1.165) is 29.1 Å². The molecule has 0 fully saturated rings. The Labute approximate surface area is 121 Å². The molecule has 0 unspecified atom stereocenters. The summed E-state index contributed by atoms with van der Waals surface area (Å²) in [5, 5.41) is 8.63. The molecule has 0 spiro atoms. The van der Waals surface area contributed by atoms with Crippen molar-refractivity contribution in [3.05, 3.63) is 36.0 Å². The SMILES string of the molecule is COc1ccc(CCNc2ncc(S(N)(=O)=O)s2)cc1. The number of aromatic nitrogens is 1. The minimum absolute atomic E-state index is 0.0597. The summed E-state index contributed by atoms with van der Waals surface area (Å²) in [5.74, 6) is 0.819. The average molecular weight is 313 g/mol. The highest BCUT2D eigenvalue weighted by Crippen LogP contribution is 2.21. The van der Waals surface area contributed by atoms with Crippen molar-refractivity contribution in [3.63, 3.8) is 0 Å². The maximum Gasteiger partial charge on any atom is 0.249 e. The fourth-order valence-corrected chi connectivity index (χ4v) is 3.06. The molecule has 0 bridgehead atoms. The Morgan fingerprint density at radius 3 is 2.60 bits per heavy atom. The van der Waals surface area contributed by atoms with Gasteiger partial charge in [-0.05, 0) is 24.1 Å². The van der Waals surface area contributed by atoms with Crippen molar-refractivity contribution in [2.24, 2.45) is 5.14 Å². The van der Waals surface area contributed by atoms with Gasteiger partial charge in [0, 0.05) is 6.54 Å². The van der Waals surface area contributed by atoms with Crippen LogP contribution in [0.4, 0.5) is 5.13 Å². The fourth-order valence-electron chi connectivity index (χ4n) is 1.58. The molecule has 0 radical (unpaired) electrons. The molecular weight excluding hydrogens is 298 g/mol. The molecule has 0 aliphatic rings. The van der Waals surface area contributed by atoms with Crippen LogP contribution in [0.25, 0.3) is 0 Å². The van der Waals surface area contributed by atoms with Crippen molar-refractivity contribution in [2.45, 2.75) is 10.6 Å². The molecule has 1 aromatic carbocycles. The molecule has 1 aromatic heterocycles. The lowest BCUT2D eigenvalue weighted by Gasteiger charge is -2.04. The first-order chi connectivity index (χ1) is 9.49. The highest BCUT2D eigenvalue weighted by molar-refractivity contribution is 7.91. The Bertz CT molecular complexity index is 666. The van der Waals surface area contributed by atoms with E-state index in [1.165, 1.54) is 6.20 Å². The van der Waals surface area contributed by atoms with Gasteiger partial charge in [-0.15, -0.1) is 0 Å². The molecule has 6 nitrogen and oxygen atoms in total. The lowest BCUT2D eigenvalue weighted by atomic mass is 10.1. The minimum Gasteiger partial charge on any atom is -0.497 e. The molecule has 3 N–H and O–H groups in total. The van der Waals surface area contributed by atoms with Crippen LogP contribution < -0.4 is 15.2 Å². The van der Waals surface area contributed by atoms with Gasteiger partial charge in [-0.3, -0.25) is 0 Å². The fraction of sp³-hybridized carbons (Fsp3) is 0.250. The van der Waals surface area contributed by atoms with E-state index in [1.54, 1.807) is 7.11 Å². The van der Waals surface area contributed by atoms with Crippen LogP contribution >= 0.6 is 11.3 Å². The monoisotopic (exact) mass is 313 g/mol. The first-order valence-corrected chi connectivity index (χ1v) is 8.21. The molecule has 0 saturated carbocycles. The number of thiazole rings is 1. The number of benzene rings is 1. The van der Waals surface area contributed by atoms with Crippen molar-refractivity contribution in [3.8, 4) is 5.75 Å². The number of rotatable bonds is 6. The maximum atomic E-state index is 11.1. The summed E-state index contributed by atoms with van der Waals surface area (Å²) in [6.45, 7) is 0.657. The molecule has 0 aliphatic heterocycles. The minimum atomic E-state index is -3.66. The number of nitrogens with one attached hydrogen (secondary N) is 1. The largest absolute Gasteiger partial charge is 0.497 e. The Balaban J connectivity index is 1.88. The third kappa shape index (κ3) is 3.92. The highest BCUT2D eigenvalue weighted by Gasteiger charge is 2.12. The van der Waals surface area contributed by atoms with E-state index < -0.39 is 10.0 Å². The summed E-state index contributed by atoms with van der Waals surface area (Å²) in [4.78, 5) is 3.97. The number of anilines is 1. The molecule has 0 atom stereocenters. The Hall–Kier alpha value is -1.64. The topological polar surface area (TPSA) is 94.3 Å². The molecule has 108 valence electrons. The second-order valence-corrected chi connectivity index (χ2v) is 6.87. The van der Waals surface area contributed by atoms with Crippen LogP contribution in [0.3, 0.4) is 0 Å². The van der Waals surface area contributed by atoms with Crippen molar-refractivity contribution in [2.75, 3.05) is 19.0 Å². The van der Waals surface area contributed by atoms with Crippen LogP contribution in [0.2, 0.25) is 0 Å². The van der Waals surface area contributed by atoms with Crippen LogP contribution in [-0.4, -0.2) is 27.1 Å². The zero-order chi connectivity index (χ0) is 14.6. The maximum absolute atomic E-state index is 11.1. The number of nitrogens with two attached hydrogens (primary N) is 1. The predicted octanol–water partition coefficient (Wildman–Crippen LogP) is 1.45. The van der Waals surface area contributed by atoms with Crippen LogP contribution in [0, 0.1) is 0 Å². The summed E-state index contributed by atoms with van der Waals surface area (Å²) in [6.07, 6.45) is 2.06. The molecule has 8 heteroatoms.